The monoisotopic (exact) mass is 305 g/mol. The van der Waals surface area contributed by atoms with Gasteiger partial charge >= 0.3 is 0 Å². The quantitative estimate of drug-likeness (QED) is 0.708. The molecule has 3 aromatic rings. The van der Waals surface area contributed by atoms with E-state index in [1.807, 2.05) is 42.2 Å². The number of fused-ring (bicyclic) bond motifs is 2. The van der Waals surface area contributed by atoms with Gasteiger partial charge < -0.3 is 9.32 Å². The van der Waals surface area contributed by atoms with E-state index in [0.29, 0.717) is 6.42 Å². The van der Waals surface area contributed by atoms with Crippen LogP contribution in [0.25, 0.3) is 11.0 Å². The van der Waals surface area contributed by atoms with E-state index < -0.39 is 0 Å². The van der Waals surface area contributed by atoms with E-state index in [1.54, 1.807) is 6.26 Å². The van der Waals surface area contributed by atoms with E-state index in [9.17, 15) is 4.79 Å². The second-order valence-corrected chi connectivity index (χ2v) is 6.21. The van der Waals surface area contributed by atoms with Crippen LogP contribution in [-0.2, 0) is 17.6 Å². The summed E-state index contributed by atoms with van der Waals surface area (Å²) in [6.45, 7) is 2.84. The number of nitrogens with zero attached hydrogens (tertiary/aromatic N) is 1. The number of rotatable bonds is 2. The molecule has 0 aliphatic carbocycles. The molecule has 0 radical (unpaired) electrons. The zero-order valence-corrected chi connectivity index (χ0v) is 13.2. The van der Waals surface area contributed by atoms with Gasteiger partial charge in [0.1, 0.15) is 5.58 Å². The molecule has 2 heterocycles. The maximum absolute atomic E-state index is 12.8. The summed E-state index contributed by atoms with van der Waals surface area (Å²) < 4.78 is 5.62. The molecule has 0 fully saturated rings. The van der Waals surface area contributed by atoms with Gasteiger partial charge in [-0.2, -0.15) is 0 Å². The molecule has 2 aromatic carbocycles. The SMILES string of the molecule is Cc1ccc2c(CC(=O)N3CCCc4ccccc43)coc2c1. The van der Waals surface area contributed by atoms with Gasteiger partial charge in [-0.15, -0.1) is 0 Å². The second kappa shape index (κ2) is 5.58. The highest BCUT2D eigenvalue weighted by molar-refractivity contribution is 5.98. The zero-order chi connectivity index (χ0) is 15.8. The minimum Gasteiger partial charge on any atom is -0.464 e. The number of furan rings is 1. The van der Waals surface area contributed by atoms with Crippen LogP contribution >= 0.6 is 0 Å². The first-order valence-corrected chi connectivity index (χ1v) is 8.07. The summed E-state index contributed by atoms with van der Waals surface area (Å²) in [5.41, 5.74) is 5.31. The smallest absolute Gasteiger partial charge is 0.231 e. The van der Waals surface area contributed by atoms with E-state index in [4.69, 9.17) is 4.42 Å². The number of anilines is 1. The fourth-order valence-electron chi connectivity index (χ4n) is 3.38. The van der Waals surface area contributed by atoms with Crippen LogP contribution in [0.5, 0.6) is 0 Å². The lowest BCUT2D eigenvalue weighted by molar-refractivity contribution is -0.118. The van der Waals surface area contributed by atoms with Crippen LogP contribution in [0.15, 0.2) is 53.1 Å². The van der Waals surface area contributed by atoms with Crippen molar-refractivity contribution in [3.8, 4) is 0 Å². The van der Waals surface area contributed by atoms with Gasteiger partial charge in [0.2, 0.25) is 5.91 Å². The number of para-hydroxylation sites is 1. The maximum Gasteiger partial charge on any atom is 0.231 e. The average Bonchev–Trinajstić information content (AvgIpc) is 2.96. The number of hydrogen-bond acceptors (Lipinski definition) is 2. The maximum atomic E-state index is 12.8. The van der Waals surface area contributed by atoms with Crippen LogP contribution in [0.2, 0.25) is 0 Å². The molecule has 1 aromatic heterocycles. The van der Waals surface area contributed by atoms with Crippen LogP contribution < -0.4 is 4.90 Å². The zero-order valence-electron chi connectivity index (χ0n) is 13.2. The summed E-state index contributed by atoms with van der Waals surface area (Å²) in [6, 6.07) is 14.3. The highest BCUT2D eigenvalue weighted by Crippen LogP contribution is 2.28. The van der Waals surface area contributed by atoms with Gasteiger partial charge in [-0.1, -0.05) is 30.3 Å². The Hall–Kier alpha value is -2.55. The van der Waals surface area contributed by atoms with Crippen LogP contribution in [0.3, 0.4) is 0 Å². The molecule has 0 unspecified atom stereocenters. The summed E-state index contributed by atoms with van der Waals surface area (Å²) in [5.74, 6) is 0.139. The number of amides is 1. The summed E-state index contributed by atoms with van der Waals surface area (Å²) in [5, 5.41) is 1.04. The number of hydrogen-bond donors (Lipinski definition) is 0. The Morgan fingerprint density at radius 2 is 2.09 bits per heavy atom. The molecule has 0 atom stereocenters. The fourth-order valence-corrected chi connectivity index (χ4v) is 3.38. The summed E-state index contributed by atoms with van der Waals surface area (Å²) in [4.78, 5) is 14.7. The van der Waals surface area contributed by atoms with E-state index in [2.05, 4.69) is 12.1 Å². The van der Waals surface area contributed by atoms with E-state index in [-0.39, 0.29) is 5.91 Å². The molecule has 0 spiro atoms. The van der Waals surface area contributed by atoms with Crippen LogP contribution in [0.4, 0.5) is 5.69 Å². The highest BCUT2D eigenvalue weighted by Gasteiger charge is 2.23. The van der Waals surface area contributed by atoms with Crippen molar-refractivity contribution in [2.75, 3.05) is 11.4 Å². The van der Waals surface area contributed by atoms with Crippen molar-refractivity contribution in [1.29, 1.82) is 0 Å². The molecule has 4 rings (SSSR count). The van der Waals surface area contributed by atoms with Gasteiger partial charge in [0.05, 0.1) is 12.7 Å². The predicted molar refractivity (Wildman–Crippen MR) is 91.8 cm³/mol. The Morgan fingerprint density at radius 1 is 1.22 bits per heavy atom. The summed E-state index contributed by atoms with van der Waals surface area (Å²) in [7, 11) is 0. The first-order chi connectivity index (χ1) is 11.2. The minimum atomic E-state index is 0.139. The molecule has 3 nitrogen and oxygen atoms in total. The van der Waals surface area contributed by atoms with Gasteiger partial charge in [0, 0.05) is 23.2 Å². The molecule has 0 saturated heterocycles. The molecule has 0 bridgehead atoms. The van der Waals surface area contributed by atoms with Gasteiger partial charge in [-0.25, -0.2) is 0 Å². The third kappa shape index (κ3) is 2.52. The topological polar surface area (TPSA) is 33.5 Å². The lowest BCUT2D eigenvalue weighted by atomic mass is 10.0. The first kappa shape index (κ1) is 14.1. The molecule has 3 heteroatoms. The number of aryl methyl sites for hydroxylation is 2. The second-order valence-electron chi connectivity index (χ2n) is 6.21. The van der Waals surface area contributed by atoms with Crippen LogP contribution in [-0.4, -0.2) is 12.5 Å². The summed E-state index contributed by atoms with van der Waals surface area (Å²) in [6.07, 6.45) is 4.17. The Kier molecular flexibility index (Phi) is 3.41. The molecule has 116 valence electrons. The molecule has 0 N–H and O–H groups in total. The lowest BCUT2D eigenvalue weighted by Crippen LogP contribution is -2.36. The van der Waals surface area contributed by atoms with Crippen molar-refractivity contribution in [2.45, 2.75) is 26.2 Å². The lowest BCUT2D eigenvalue weighted by Gasteiger charge is -2.29. The van der Waals surface area contributed by atoms with Crippen molar-refractivity contribution in [1.82, 2.24) is 0 Å². The normalized spacial score (nSPS) is 14.0. The van der Waals surface area contributed by atoms with E-state index in [0.717, 1.165) is 47.2 Å². The highest BCUT2D eigenvalue weighted by atomic mass is 16.3. The Bertz CT molecular complexity index is 878. The molecule has 23 heavy (non-hydrogen) atoms. The third-order valence-corrected chi connectivity index (χ3v) is 4.56. The van der Waals surface area contributed by atoms with Gasteiger partial charge in [-0.05, 0) is 43.0 Å². The number of benzene rings is 2. The summed E-state index contributed by atoms with van der Waals surface area (Å²) >= 11 is 0. The minimum absolute atomic E-state index is 0.139. The molecule has 1 aliphatic heterocycles. The van der Waals surface area contributed by atoms with Gasteiger partial charge in [0.15, 0.2) is 0 Å². The van der Waals surface area contributed by atoms with Crippen molar-refractivity contribution in [3.63, 3.8) is 0 Å². The predicted octanol–water partition coefficient (Wildman–Crippen LogP) is 4.26. The average molecular weight is 305 g/mol. The van der Waals surface area contributed by atoms with Crippen LogP contribution in [0, 0.1) is 6.92 Å². The fraction of sp³-hybridized carbons (Fsp3) is 0.250. The van der Waals surface area contributed by atoms with Crippen molar-refractivity contribution in [3.05, 3.63) is 65.4 Å². The third-order valence-electron chi connectivity index (χ3n) is 4.56. The van der Waals surface area contributed by atoms with Crippen molar-refractivity contribution < 1.29 is 9.21 Å². The standard InChI is InChI=1S/C20H19NO2/c1-14-8-9-17-16(13-23-19(17)11-14)12-20(22)21-10-4-6-15-5-2-3-7-18(15)21/h2-3,5,7-9,11,13H,4,6,10,12H2,1H3. The number of carbonyl (C=O) groups is 1. The van der Waals surface area contributed by atoms with E-state index in [1.165, 1.54) is 5.56 Å². The largest absolute Gasteiger partial charge is 0.464 e. The Balaban J connectivity index is 1.63. The van der Waals surface area contributed by atoms with Gasteiger partial charge in [-0.3, -0.25) is 4.79 Å². The van der Waals surface area contributed by atoms with Crippen LogP contribution in [0.1, 0.15) is 23.1 Å². The van der Waals surface area contributed by atoms with Gasteiger partial charge in [0.25, 0.3) is 0 Å². The molecule has 0 saturated carbocycles. The Labute approximate surface area is 135 Å². The molecule has 1 amide bonds. The van der Waals surface area contributed by atoms with Crippen molar-refractivity contribution >= 4 is 22.6 Å². The van der Waals surface area contributed by atoms with Crippen molar-refractivity contribution in [2.24, 2.45) is 0 Å². The first-order valence-electron chi connectivity index (χ1n) is 8.07. The molecule has 1 aliphatic rings. The van der Waals surface area contributed by atoms with E-state index >= 15 is 0 Å². The Morgan fingerprint density at radius 3 is 3.00 bits per heavy atom. The number of carbonyl (C=O) groups excluding carboxylic acids is 1. The molecular weight excluding hydrogens is 286 g/mol. The molecular formula is C20H19NO2.